The van der Waals surface area contributed by atoms with Crippen molar-refractivity contribution >= 4 is 54.0 Å². The van der Waals surface area contributed by atoms with Crippen molar-refractivity contribution in [2.24, 2.45) is 16.0 Å². The number of hydrogen-bond acceptors (Lipinski definition) is 5. The van der Waals surface area contributed by atoms with Crippen LogP contribution in [-0.2, 0) is 14.8 Å². The molecular weight excluding hydrogens is 588 g/mol. The SMILES string of the molecule is CC1=NC2C(C(C(=O)Nc3ccc(-c4ccccc4S(N)(=O)=O)cc3Br)=C1)C2c1cc2ccccc2cc1C#N. The molecule has 0 saturated heterocycles. The van der Waals surface area contributed by atoms with Crippen LogP contribution in [0.1, 0.15) is 24.0 Å². The van der Waals surface area contributed by atoms with Crippen LogP contribution in [0.25, 0.3) is 21.9 Å². The highest BCUT2D eigenvalue weighted by Crippen LogP contribution is 2.57. The zero-order chi connectivity index (χ0) is 28.2. The van der Waals surface area contributed by atoms with E-state index in [1.165, 1.54) is 6.07 Å². The number of carbonyl (C=O) groups is 1. The first-order valence-corrected chi connectivity index (χ1v) is 14.9. The number of dihydropyridines is 1. The highest BCUT2D eigenvalue weighted by molar-refractivity contribution is 9.10. The number of halogens is 1. The van der Waals surface area contributed by atoms with Crippen LogP contribution in [0.2, 0.25) is 0 Å². The van der Waals surface area contributed by atoms with Gasteiger partial charge in [0.1, 0.15) is 0 Å². The van der Waals surface area contributed by atoms with Crippen LogP contribution in [0.3, 0.4) is 0 Å². The van der Waals surface area contributed by atoms with E-state index in [4.69, 9.17) is 10.1 Å². The normalized spacial score (nSPS) is 19.7. The van der Waals surface area contributed by atoms with Gasteiger partial charge >= 0.3 is 0 Å². The standard InChI is InChI=1S/C31H23BrN4O3S/c1-17-12-24(29-28(30(29)35-17)23-14-19-7-3-2-6-18(19)13-21(23)16-33)31(37)36-26-11-10-20(15-25(26)32)22-8-4-5-9-27(22)40(34,38)39/h2-15,28-30H,1H3,(H,36,37)(H2,34,38,39). The number of sulfonamides is 1. The molecule has 0 aromatic heterocycles. The van der Waals surface area contributed by atoms with Crippen LogP contribution in [0.4, 0.5) is 5.69 Å². The molecule has 4 aromatic rings. The van der Waals surface area contributed by atoms with Gasteiger partial charge in [-0.05, 0) is 81.2 Å². The second-order valence-electron chi connectivity index (χ2n) is 10.0. The molecule has 9 heteroatoms. The van der Waals surface area contributed by atoms with Gasteiger partial charge in [-0.2, -0.15) is 5.26 Å². The van der Waals surface area contributed by atoms with E-state index in [9.17, 15) is 18.5 Å². The monoisotopic (exact) mass is 610 g/mol. The first-order valence-electron chi connectivity index (χ1n) is 12.6. The summed E-state index contributed by atoms with van der Waals surface area (Å²) >= 11 is 3.53. The Morgan fingerprint density at radius 3 is 2.40 bits per heavy atom. The van der Waals surface area contributed by atoms with Crippen molar-refractivity contribution in [3.05, 3.63) is 106 Å². The molecule has 1 saturated carbocycles. The number of benzene rings is 4. The Labute approximate surface area is 240 Å². The van der Waals surface area contributed by atoms with Gasteiger partial charge < -0.3 is 5.32 Å². The Bertz CT molecular complexity index is 1940. The van der Waals surface area contributed by atoms with E-state index in [1.807, 2.05) is 49.4 Å². The highest BCUT2D eigenvalue weighted by atomic mass is 79.9. The molecule has 40 heavy (non-hydrogen) atoms. The Kier molecular flexibility index (Phi) is 6.42. The Morgan fingerprint density at radius 2 is 1.70 bits per heavy atom. The molecule has 3 N–H and O–H groups in total. The van der Waals surface area contributed by atoms with Gasteiger partial charge in [0.05, 0.1) is 28.3 Å². The lowest BCUT2D eigenvalue weighted by atomic mass is 9.96. The number of nitriles is 1. The number of carbonyl (C=O) groups excluding carboxylic acids is 1. The topological polar surface area (TPSA) is 125 Å². The van der Waals surface area contributed by atoms with Crippen molar-refractivity contribution in [2.45, 2.75) is 23.8 Å². The minimum absolute atomic E-state index is 0.0251. The smallest absolute Gasteiger partial charge is 0.252 e. The number of fused-ring (bicyclic) bond motifs is 2. The van der Waals surface area contributed by atoms with E-state index >= 15 is 0 Å². The first kappa shape index (κ1) is 26.1. The van der Waals surface area contributed by atoms with Gasteiger partial charge in [0.2, 0.25) is 10.0 Å². The Morgan fingerprint density at radius 1 is 1.00 bits per heavy atom. The maximum absolute atomic E-state index is 13.6. The molecule has 3 unspecified atom stereocenters. The summed E-state index contributed by atoms with van der Waals surface area (Å²) in [6, 6.07) is 25.8. The number of nitrogens with one attached hydrogen (secondary N) is 1. The van der Waals surface area contributed by atoms with E-state index in [2.05, 4.69) is 27.3 Å². The third-order valence-corrected chi connectivity index (χ3v) is 9.06. The second-order valence-corrected chi connectivity index (χ2v) is 12.4. The fourth-order valence-electron chi connectivity index (χ4n) is 5.58. The van der Waals surface area contributed by atoms with Crippen LogP contribution in [-0.4, -0.2) is 26.1 Å². The van der Waals surface area contributed by atoms with Crippen LogP contribution in [0.15, 0.2) is 105 Å². The summed E-state index contributed by atoms with van der Waals surface area (Å²) in [7, 11) is -3.91. The van der Waals surface area contributed by atoms with Crippen molar-refractivity contribution < 1.29 is 13.2 Å². The molecule has 0 radical (unpaired) electrons. The number of hydrogen-bond donors (Lipinski definition) is 2. The quantitative estimate of drug-likeness (QED) is 0.291. The van der Waals surface area contributed by atoms with Crippen molar-refractivity contribution in [1.29, 1.82) is 5.26 Å². The number of aliphatic imine (C=N–C) groups is 1. The third-order valence-electron chi connectivity index (χ3n) is 7.44. The van der Waals surface area contributed by atoms with Crippen LogP contribution < -0.4 is 10.5 Å². The van der Waals surface area contributed by atoms with Crippen LogP contribution in [0, 0.1) is 17.2 Å². The van der Waals surface area contributed by atoms with E-state index in [-0.39, 0.29) is 28.7 Å². The summed E-state index contributed by atoms with van der Waals surface area (Å²) in [5, 5.41) is 20.3. The molecule has 1 heterocycles. The van der Waals surface area contributed by atoms with E-state index < -0.39 is 10.0 Å². The van der Waals surface area contributed by atoms with Gasteiger partial charge in [0.15, 0.2) is 0 Å². The summed E-state index contributed by atoms with van der Waals surface area (Å²) in [4.78, 5) is 18.4. The molecule has 0 spiro atoms. The molecule has 1 fully saturated rings. The molecule has 3 atom stereocenters. The fourth-order valence-corrected chi connectivity index (χ4v) is 6.82. The lowest BCUT2D eigenvalue weighted by Gasteiger charge is -2.14. The Balaban J connectivity index is 1.28. The average Bonchev–Trinajstić information content (AvgIpc) is 3.65. The summed E-state index contributed by atoms with van der Waals surface area (Å²) < 4.78 is 24.7. The van der Waals surface area contributed by atoms with Gasteiger partial charge in [-0.15, -0.1) is 0 Å². The van der Waals surface area contributed by atoms with Crippen molar-refractivity contribution in [1.82, 2.24) is 0 Å². The minimum atomic E-state index is -3.91. The number of amides is 1. The summed E-state index contributed by atoms with van der Waals surface area (Å²) in [5.41, 5.74) is 4.54. The summed E-state index contributed by atoms with van der Waals surface area (Å²) in [6.07, 6.45) is 1.81. The second kappa shape index (κ2) is 9.82. The summed E-state index contributed by atoms with van der Waals surface area (Å²) in [6.45, 7) is 1.87. The lowest BCUT2D eigenvalue weighted by molar-refractivity contribution is -0.113. The average molecular weight is 612 g/mol. The third kappa shape index (κ3) is 4.64. The predicted molar refractivity (Wildman–Crippen MR) is 159 cm³/mol. The fraction of sp³-hybridized carbons (Fsp3) is 0.129. The molecule has 6 rings (SSSR count). The van der Waals surface area contributed by atoms with Crippen LogP contribution >= 0.6 is 15.9 Å². The van der Waals surface area contributed by atoms with Crippen molar-refractivity contribution in [3.63, 3.8) is 0 Å². The molecule has 7 nitrogen and oxygen atoms in total. The number of nitrogens with zero attached hydrogens (tertiary/aromatic N) is 2. The van der Waals surface area contributed by atoms with Gasteiger partial charge in [-0.1, -0.05) is 48.5 Å². The van der Waals surface area contributed by atoms with E-state index in [1.54, 1.807) is 36.4 Å². The highest BCUT2D eigenvalue weighted by Gasteiger charge is 2.56. The molecule has 4 aromatic carbocycles. The maximum atomic E-state index is 13.6. The van der Waals surface area contributed by atoms with Gasteiger partial charge in [-0.25, -0.2) is 13.6 Å². The number of nitrogens with two attached hydrogens (primary N) is 1. The molecule has 2 aliphatic rings. The summed E-state index contributed by atoms with van der Waals surface area (Å²) in [5.74, 6) is -0.435. The molecule has 1 aliphatic heterocycles. The molecule has 198 valence electrons. The number of allylic oxidation sites excluding steroid dienone is 1. The van der Waals surface area contributed by atoms with Gasteiger partial charge in [0, 0.05) is 33.2 Å². The number of primary sulfonamides is 1. The van der Waals surface area contributed by atoms with Crippen molar-refractivity contribution in [2.75, 3.05) is 5.32 Å². The van der Waals surface area contributed by atoms with Crippen LogP contribution in [0.5, 0.6) is 0 Å². The zero-order valence-corrected chi connectivity index (χ0v) is 23.7. The lowest BCUT2D eigenvalue weighted by Crippen LogP contribution is -2.19. The van der Waals surface area contributed by atoms with Gasteiger partial charge in [0.25, 0.3) is 5.91 Å². The zero-order valence-electron chi connectivity index (χ0n) is 21.3. The Hall–Kier alpha value is -4.10. The predicted octanol–water partition coefficient (Wildman–Crippen LogP) is 5.91. The largest absolute Gasteiger partial charge is 0.321 e. The minimum Gasteiger partial charge on any atom is -0.321 e. The van der Waals surface area contributed by atoms with Crippen molar-refractivity contribution in [3.8, 4) is 17.2 Å². The van der Waals surface area contributed by atoms with E-state index in [0.717, 1.165) is 22.0 Å². The number of rotatable bonds is 5. The van der Waals surface area contributed by atoms with Gasteiger partial charge in [-0.3, -0.25) is 9.79 Å². The van der Waals surface area contributed by atoms with E-state index in [0.29, 0.717) is 32.4 Å². The molecular formula is C31H23BrN4O3S. The maximum Gasteiger partial charge on any atom is 0.252 e. The molecule has 1 aliphatic carbocycles. The number of anilines is 1. The molecule has 0 bridgehead atoms. The molecule has 1 amide bonds. The first-order chi connectivity index (χ1) is 19.2.